The molecule has 0 radical (unpaired) electrons. The van der Waals surface area contributed by atoms with Gasteiger partial charge in [-0.3, -0.25) is 14.5 Å². The van der Waals surface area contributed by atoms with E-state index in [1.54, 1.807) is 4.90 Å². The minimum atomic E-state index is -0.179. The van der Waals surface area contributed by atoms with E-state index in [-0.39, 0.29) is 18.4 Å². The normalized spacial score (nSPS) is 18.2. The van der Waals surface area contributed by atoms with Crippen molar-refractivity contribution in [3.05, 3.63) is 65.9 Å². The lowest BCUT2D eigenvalue weighted by molar-refractivity contribution is -0.120. The van der Waals surface area contributed by atoms with Crippen LogP contribution >= 0.6 is 0 Å². The zero-order valence-corrected chi connectivity index (χ0v) is 22.1. The summed E-state index contributed by atoms with van der Waals surface area (Å²) in [5.41, 5.74) is 3.35. The highest BCUT2D eigenvalue weighted by molar-refractivity contribution is 6.10. The van der Waals surface area contributed by atoms with Gasteiger partial charge in [0.05, 0.1) is 0 Å². The first-order valence-electron chi connectivity index (χ1n) is 13.6. The zero-order chi connectivity index (χ0) is 25.8. The molecule has 3 heterocycles. The molecule has 0 aliphatic carbocycles. The minimum Gasteiger partial charge on any atom is -0.361 e. The molecule has 2 aliphatic rings. The molecule has 196 valence electrons. The fraction of sp³-hybridized carbons (Fsp3) is 0.467. The lowest BCUT2D eigenvalue weighted by Crippen LogP contribution is -2.48. The number of fused-ring (bicyclic) bond motifs is 1. The van der Waals surface area contributed by atoms with E-state index in [4.69, 9.17) is 0 Å². The fourth-order valence-corrected chi connectivity index (χ4v) is 5.79. The number of aromatic amines is 1. The van der Waals surface area contributed by atoms with Gasteiger partial charge in [-0.2, -0.15) is 0 Å². The molecule has 0 unspecified atom stereocenters. The molecule has 0 spiro atoms. The highest BCUT2D eigenvalue weighted by Crippen LogP contribution is 2.24. The van der Waals surface area contributed by atoms with Crippen molar-refractivity contribution >= 4 is 28.4 Å². The molecule has 0 atom stereocenters. The lowest BCUT2D eigenvalue weighted by atomic mass is 9.93. The smallest absolute Gasteiger partial charge is 0.258 e. The predicted molar refractivity (Wildman–Crippen MR) is 149 cm³/mol. The van der Waals surface area contributed by atoms with E-state index < -0.39 is 0 Å². The third kappa shape index (κ3) is 6.05. The summed E-state index contributed by atoms with van der Waals surface area (Å²) in [5, 5.41) is 4.23. The number of hydrogen-bond acceptors (Lipinski definition) is 4. The van der Waals surface area contributed by atoms with E-state index in [0.717, 1.165) is 48.1 Å². The molecule has 37 heavy (non-hydrogen) atoms. The molecule has 5 rings (SSSR count). The van der Waals surface area contributed by atoms with Crippen LogP contribution in [-0.2, 0) is 4.79 Å². The third-order valence-corrected chi connectivity index (χ3v) is 8.19. The summed E-state index contributed by atoms with van der Waals surface area (Å²) >= 11 is 0. The van der Waals surface area contributed by atoms with Crippen molar-refractivity contribution in [3.8, 4) is 0 Å². The maximum atomic E-state index is 13.6. The lowest BCUT2D eigenvalue weighted by Gasteiger charge is -2.41. The molecule has 2 amide bonds. The maximum absolute atomic E-state index is 13.6. The highest BCUT2D eigenvalue weighted by atomic mass is 16.2. The van der Waals surface area contributed by atoms with Crippen molar-refractivity contribution in [3.63, 3.8) is 0 Å². The van der Waals surface area contributed by atoms with E-state index in [2.05, 4.69) is 27.1 Å². The van der Waals surface area contributed by atoms with Crippen LogP contribution in [-0.4, -0.2) is 79.0 Å². The summed E-state index contributed by atoms with van der Waals surface area (Å²) in [5.74, 6) is 0.194. The Morgan fingerprint density at radius 2 is 1.73 bits per heavy atom. The standard InChI is InChI=1S/C30H39N5O2/c1-22-19-31-28-18-24(8-9-27(22)28)30(37)35(26-6-4-3-5-7-26)21-29(36)32-20-23-10-16-34(17-11-23)25-12-14-33(2)15-13-25/h3-9,18-19,23,25,31H,10-17,20-21H2,1-2H3,(H,32,36). The Bertz CT molecular complexity index is 1210. The van der Waals surface area contributed by atoms with Gasteiger partial charge in [0.25, 0.3) is 5.91 Å². The summed E-state index contributed by atoms with van der Waals surface area (Å²) in [6.07, 6.45) is 6.70. The molecule has 2 saturated heterocycles. The number of amides is 2. The SMILES string of the molecule is Cc1c[nH]c2cc(C(=O)N(CC(=O)NCC3CCN(C4CCN(C)CC4)CC3)c3ccccc3)ccc12. The molecule has 7 nitrogen and oxygen atoms in total. The largest absolute Gasteiger partial charge is 0.361 e. The molecule has 2 N–H and O–H groups in total. The van der Waals surface area contributed by atoms with Gasteiger partial charge in [-0.25, -0.2) is 0 Å². The number of aryl methyl sites for hydroxylation is 1. The van der Waals surface area contributed by atoms with Crippen molar-refractivity contribution in [1.29, 1.82) is 0 Å². The van der Waals surface area contributed by atoms with Gasteiger partial charge in [0.1, 0.15) is 6.54 Å². The predicted octanol–water partition coefficient (Wildman–Crippen LogP) is 4.05. The van der Waals surface area contributed by atoms with Crippen LogP contribution in [0.2, 0.25) is 0 Å². The molecule has 0 bridgehead atoms. The van der Waals surface area contributed by atoms with Gasteiger partial charge < -0.3 is 20.1 Å². The van der Waals surface area contributed by atoms with Crippen LogP contribution in [0.25, 0.3) is 10.9 Å². The number of anilines is 1. The van der Waals surface area contributed by atoms with Crippen molar-refractivity contribution in [1.82, 2.24) is 20.1 Å². The first-order valence-corrected chi connectivity index (χ1v) is 13.6. The van der Waals surface area contributed by atoms with E-state index in [1.807, 2.05) is 61.7 Å². The molecular weight excluding hydrogens is 462 g/mol. The van der Waals surface area contributed by atoms with E-state index in [9.17, 15) is 9.59 Å². The van der Waals surface area contributed by atoms with Crippen LogP contribution in [0.4, 0.5) is 5.69 Å². The molecule has 1 aromatic heterocycles. The Hall–Kier alpha value is -3.16. The number of benzene rings is 2. The number of carbonyl (C=O) groups is 2. The number of piperidine rings is 2. The fourth-order valence-electron chi connectivity index (χ4n) is 5.79. The van der Waals surface area contributed by atoms with Crippen LogP contribution in [0, 0.1) is 12.8 Å². The molecule has 2 aliphatic heterocycles. The average Bonchev–Trinajstić information content (AvgIpc) is 3.31. The molecule has 2 aromatic carbocycles. The van der Waals surface area contributed by atoms with Gasteiger partial charge in [-0.05, 0) is 102 Å². The number of likely N-dealkylation sites (tertiary alicyclic amines) is 2. The van der Waals surface area contributed by atoms with E-state index in [0.29, 0.717) is 24.1 Å². The monoisotopic (exact) mass is 501 g/mol. The van der Waals surface area contributed by atoms with E-state index >= 15 is 0 Å². The molecular formula is C30H39N5O2. The Balaban J connectivity index is 1.18. The Morgan fingerprint density at radius 1 is 1.00 bits per heavy atom. The minimum absolute atomic E-state index is 0.000918. The summed E-state index contributed by atoms with van der Waals surface area (Å²) in [6, 6.07) is 15.8. The number of hydrogen-bond donors (Lipinski definition) is 2. The van der Waals surface area contributed by atoms with Gasteiger partial charge in [-0.15, -0.1) is 0 Å². The van der Waals surface area contributed by atoms with Crippen LogP contribution in [0.3, 0.4) is 0 Å². The first-order chi connectivity index (χ1) is 18.0. The van der Waals surface area contributed by atoms with Gasteiger partial charge in [0.15, 0.2) is 0 Å². The summed E-state index contributed by atoms with van der Waals surface area (Å²) in [4.78, 5) is 36.5. The van der Waals surface area contributed by atoms with Crippen molar-refractivity contribution in [2.75, 3.05) is 51.2 Å². The third-order valence-electron chi connectivity index (χ3n) is 8.19. The van der Waals surface area contributed by atoms with Gasteiger partial charge >= 0.3 is 0 Å². The Morgan fingerprint density at radius 3 is 2.46 bits per heavy atom. The van der Waals surface area contributed by atoms with Gasteiger partial charge in [0, 0.05) is 40.9 Å². The summed E-state index contributed by atoms with van der Waals surface area (Å²) < 4.78 is 0. The first kappa shape index (κ1) is 25.5. The van der Waals surface area contributed by atoms with Crippen LogP contribution in [0.15, 0.2) is 54.7 Å². The number of para-hydroxylation sites is 1. The molecule has 0 saturated carbocycles. The van der Waals surface area contributed by atoms with Crippen molar-refractivity contribution in [2.45, 2.75) is 38.6 Å². The van der Waals surface area contributed by atoms with Gasteiger partial charge in [-0.1, -0.05) is 24.3 Å². The number of nitrogens with zero attached hydrogens (tertiary/aromatic N) is 3. The number of carbonyl (C=O) groups excluding carboxylic acids is 2. The van der Waals surface area contributed by atoms with Gasteiger partial charge in [0.2, 0.25) is 5.91 Å². The van der Waals surface area contributed by atoms with Crippen LogP contribution < -0.4 is 10.2 Å². The van der Waals surface area contributed by atoms with E-state index in [1.165, 1.54) is 25.9 Å². The number of aromatic nitrogens is 1. The Labute approximate surface area is 219 Å². The quantitative estimate of drug-likeness (QED) is 0.513. The second kappa shape index (κ2) is 11.5. The molecule has 3 aromatic rings. The van der Waals surface area contributed by atoms with Crippen LogP contribution in [0.5, 0.6) is 0 Å². The number of H-pyrrole nitrogens is 1. The Kier molecular flexibility index (Phi) is 7.91. The topological polar surface area (TPSA) is 71.7 Å². The average molecular weight is 502 g/mol. The second-order valence-corrected chi connectivity index (χ2v) is 10.8. The summed E-state index contributed by atoms with van der Waals surface area (Å²) in [6.45, 7) is 7.32. The highest BCUT2D eigenvalue weighted by Gasteiger charge is 2.28. The van der Waals surface area contributed by atoms with Crippen LogP contribution in [0.1, 0.15) is 41.6 Å². The number of rotatable bonds is 7. The van der Waals surface area contributed by atoms with Crippen molar-refractivity contribution in [2.24, 2.45) is 5.92 Å². The maximum Gasteiger partial charge on any atom is 0.258 e. The summed E-state index contributed by atoms with van der Waals surface area (Å²) in [7, 11) is 2.21. The second-order valence-electron chi connectivity index (χ2n) is 10.8. The zero-order valence-electron chi connectivity index (χ0n) is 22.1. The van der Waals surface area contributed by atoms with Crippen molar-refractivity contribution < 1.29 is 9.59 Å². The molecule has 2 fully saturated rings. The number of nitrogens with one attached hydrogen (secondary N) is 2. The molecule has 7 heteroatoms.